The van der Waals surface area contributed by atoms with Crippen molar-refractivity contribution >= 4 is 36.7 Å². The fourth-order valence-corrected chi connectivity index (χ4v) is 7.08. The van der Waals surface area contributed by atoms with E-state index < -0.39 is 56.4 Å². The van der Waals surface area contributed by atoms with Gasteiger partial charge < -0.3 is 55.1 Å². The van der Waals surface area contributed by atoms with Gasteiger partial charge in [-0.05, 0) is 36.4 Å². The van der Waals surface area contributed by atoms with Gasteiger partial charge in [0.2, 0.25) is 0 Å². The summed E-state index contributed by atoms with van der Waals surface area (Å²) < 4.78 is 34.5. The van der Waals surface area contributed by atoms with Gasteiger partial charge in [0.15, 0.2) is 28.8 Å². The summed E-state index contributed by atoms with van der Waals surface area (Å²) in [5, 5.41) is 47.0. The molecule has 19 nitrogen and oxygen atoms in total. The van der Waals surface area contributed by atoms with Crippen molar-refractivity contribution in [3.05, 3.63) is 95.1 Å². The normalized spacial score (nSPS) is 21.1. The Morgan fingerprint density at radius 2 is 1.62 bits per heavy atom. The summed E-state index contributed by atoms with van der Waals surface area (Å²) in [5.41, 5.74) is 0.714. The number of benzene rings is 3. The lowest BCUT2D eigenvalue weighted by atomic mass is 9.77. The maximum Gasteiger partial charge on any atom is 0.469 e. The number of phenols is 2. The molecule has 3 aromatic carbocycles. The van der Waals surface area contributed by atoms with E-state index >= 15 is 0 Å². The maximum absolute atomic E-state index is 13.4. The largest absolute Gasteiger partial charge is 0.508 e. The van der Waals surface area contributed by atoms with E-state index in [2.05, 4.69) is 30.1 Å². The summed E-state index contributed by atoms with van der Waals surface area (Å²) in [7, 11) is -4.84. The predicted molar refractivity (Wildman–Crippen MR) is 178 cm³/mol. The van der Waals surface area contributed by atoms with Crippen LogP contribution in [0.5, 0.6) is 23.0 Å². The SMILES string of the molecule is O=C(NCCNc1ncnc2c1ncn2[C@@H]1O[C@H](COP(=O)(O)O)[C@@H](O)[C@H]1O)c1ccc2c(c1)C(=O)OC21c2ccc(O)cc2Oc2cc(O)ccc21. The topological polar surface area (TPSA) is 277 Å². The van der Waals surface area contributed by atoms with Crippen LogP contribution in [0.1, 0.15) is 43.6 Å². The molecule has 2 aromatic heterocycles. The molecule has 3 aliphatic heterocycles. The number of amides is 1. The zero-order chi connectivity index (χ0) is 37.2. The maximum atomic E-state index is 13.4. The van der Waals surface area contributed by atoms with Gasteiger partial charge in [-0.3, -0.25) is 13.9 Å². The van der Waals surface area contributed by atoms with Gasteiger partial charge in [-0.25, -0.2) is 24.3 Å². The lowest BCUT2D eigenvalue weighted by molar-refractivity contribution is -0.0504. The minimum Gasteiger partial charge on any atom is -0.508 e. The van der Waals surface area contributed by atoms with Crippen molar-refractivity contribution in [2.24, 2.45) is 0 Å². The fraction of sp³-hybridized carbons (Fsp3) is 0.242. The molecule has 1 amide bonds. The molecule has 1 spiro atoms. The predicted octanol–water partition coefficient (Wildman–Crippen LogP) is 1.38. The van der Waals surface area contributed by atoms with Gasteiger partial charge in [0.05, 0.1) is 18.5 Å². The molecular weight excluding hydrogens is 719 g/mol. The monoisotopic (exact) mass is 748 g/mol. The molecule has 1 saturated heterocycles. The molecule has 3 aliphatic rings. The number of aromatic nitrogens is 4. The highest BCUT2D eigenvalue weighted by Gasteiger charge is 2.54. The minimum atomic E-state index is -4.84. The lowest BCUT2D eigenvalue weighted by Crippen LogP contribution is -2.33. The number of aromatic hydroxyl groups is 2. The van der Waals surface area contributed by atoms with Crippen molar-refractivity contribution in [2.45, 2.75) is 30.1 Å². The molecule has 0 bridgehead atoms. The number of esters is 1. The Morgan fingerprint density at radius 1 is 0.925 bits per heavy atom. The van der Waals surface area contributed by atoms with Crippen molar-refractivity contribution in [1.29, 1.82) is 0 Å². The molecule has 0 unspecified atom stereocenters. The third kappa shape index (κ3) is 5.89. The van der Waals surface area contributed by atoms with Crippen molar-refractivity contribution < 1.29 is 63.1 Å². The number of imidazole rings is 1. The summed E-state index contributed by atoms with van der Waals surface area (Å²) in [5.74, 6) is -0.568. The Hall–Kier alpha value is -5.66. The van der Waals surface area contributed by atoms with E-state index in [1.54, 1.807) is 24.3 Å². The summed E-state index contributed by atoms with van der Waals surface area (Å²) >= 11 is 0. The molecule has 8 N–H and O–H groups in total. The first kappa shape index (κ1) is 34.4. The highest BCUT2D eigenvalue weighted by molar-refractivity contribution is 7.46. The Kier molecular flexibility index (Phi) is 8.30. The van der Waals surface area contributed by atoms with Crippen molar-refractivity contribution in [1.82, 2.24) is 24.8 Å². The average molecular weight is 749 g/mol. The number of phosphoric ester groups is 1. The number of aliphatic hydroxyl groups is 2. The number of phosphoric acid groups is 1. The Morgan fingerprint density at radius 3 is 2.32 bits per heavy atom. The molecule has 0 radical (unpaired) electrons. The van der Waals surface area contributed by atoms with Crippen LogP contribution in [-0.4, -0.2) is 99.6 Å². The van der Waals surface area contributed by atoms with E-state index in [0.29, 0.717) is 16.7 Å². The van der Waals surface area contributed by atoms with E-state index in [4.69, 9.17) is 24.0 Å². The van der Waals surface area contributed by atoms with Crippen LogP contribution >= 0.6 is 7.82 Å². The van der Waals surface area contributed by atoms with E-state index in [1.807, 2.05) is 0 Å². The van der Waals surface area contributed by atoms with Gasteiger partial charge in [0.25, 0.3) is 5.91 Å². The standard InChI is InChI=1S/C33H29N6O13P/c40-16-2-5-20-22(10-16)50-23-11-17(41)3-6-21(23)33(20)19-4-1-15(9-18(19)32(45)52-33)30(44)35-8-7-34-28-25-29(37-13-36-28)39(14-38-25)31-27(43)26(42)24(51-31)12-49-53(46,47)48/h1-6,9-11,13-14,24,26-27,31,40-43H,7-8,12H2,(H,35,44)(H,34,36,37)(H2,46,47,48)/t24-,26-,27-,31-/m1/s1. The van der Waals surface area contributed by atoms with Crippen LogP contribution in [0.4, 0.5) is 5.82 Å². The Balaban J connectivity index is 0.959. The molecule has 5 aromatic rings. The molecule has 5 heterocycles. The van der Waals surface area contributed by atoms with E-state index in [0.717, 1.165) is 0 Å². The van der Waals surface area contributed by atoms with Crippen LogP contribution < -0.4 is 15.4 Å². The van der Waals surface area contributed by atoms with Gasteiger partial charge in [0, 0.05) is 47.5 Å². The summed E-state index contributed by atoms with van der Waals surface area (Å²) in [6, 6.07) is 13.5. The van der Waals surface area contributed by atoms with Gasteiger partial charge in [-0.1, -0.05) is 6.07 Å². The minimum absolute atomic E-state index is 0.0731. The van der Waals surface area contributed by atoms with Gasteiger partial charge in [0.1, 0.15) is 47.6 Å². The van der Waals surface area contributed by atoms with Gasteiger partial charge in [-0.15, -0.1) is 0 Å². The van der Waals surface area contributed by atoms with Crippen LogP contribution in [0.15, 0.2) is 67.3 Å². The molecule has 8 rings (SSSR count). The zero-order valence-electron chi connectivity index (χ0n) is 27.1. The number of hydrogen-bond donors (Lipinski definition) is 8. The highest BCUT2D eigenvalue weighted by Crippen LogP contribution is 2.57. The van der Waals surface area contributed by atoms with Gasteiger partial charge in [-0.2, -0.15) is 0 Å². The number of aliphatic hydroxyl groups excluding tert-OH is 2. The third-order valence-electron chi connectivity index (χ3n) is 9.12. The summed E-state index contributed by atoms with van der Waals surface area (Å²) in [6.45, 7) is -0.386. The number of rotatable bonds is 9. The lowest BCUT2D eigenvalue weighted by Gasteiger charge is -2.36. The number of nitrogens with zero attached hydrogens (tertiary/aromatic N) is 4. The summed E-state index contributed by atoms with van der Waals surface area (Å²) in [6.07, 6.45) is -2.96. The molecule has 274 valence electrons. The van der Waals surface area contributed by atoms with E-state index in [-0.39, 0.29) is 64.2 Å². The quantitative estimate of drug-likeness (QED) is 0.0600. The van der Waals surface area contributed by atoms with Crippen LogP contribution in [0.3, 0.4) is 0 Å². The number of hydrogen-bond acceptors (Lipinski definition) is 15. The third-order valence-corrected chi connectivity index (χ3v) is 9.60. The molecule has 0 aliphatic carbocycles. The molecule has 1 fully saturated rings. The number of phenolic OH excluding ortho intramolecular Hbond substituents is 2. The molecular formula is C33H29N6O13P. The van der Waals surface area contributed by atoms with E-state index in [1.165, 1.54) is 47.6 Å². The number of carbonyl (C=O) groups is 2. The highest BCUT2D eigenvalue weighted by atomic mass is 31.2. The first-order valence-corrected chi connectivity index (χ1v) is 17.5. The van der Waals surface area contributed by atoms with Crippen LogP contribution in [-0.2, 0) is 24.2 Å². The number of fused-ring (bicyclic) bond motifs is 7. The van der Waals surface area contributed by atoms with Crippen LogP contribution in [0.25, 0.3) is 11.2 Å². The average Bonchev–Trinajstić information content (AvgIpc) is 3.77. The van der Waals surface area contributed by atoms with Crippen molar-refractivity contribution in [3.8, 4) is 23.0 Å². The number of nitrogens with one attached hydrogen (secondary N) is 2. The van der Waals surface area contributed by atoms with E-state index in [9.17, 15) is 34.6 Å². The smallest absolute Gasteiger partial charge is 0.469 e. The number of anilines is 1. The first-order chi connectivity index (χ1) is 25.3. The Bertz CT molecular complexity index is 2300. The fourth-order valence-electron chi connectivity index (χ4n) is 6.74. The number of carbonyl (C=O) groups excluding carboxylic acids is 2. The van der Waals surface area contributed by atoms with Crippen LogP contribution in [0.2, 0.25) is 0 Å². The molecule has 53 heavy (non-hydrogen) atoms. The second-order valence-electron chi connectivity index (χ2n) is 12.4. The summed E-state index contributed by atoms with van der Waals surface area (Å²) in [4.78, 5) is 57.3. The molecule has 0 saturated carbocycles. The van der Waals surface area contributed by atoms with Crippen LogP contribution in [0, 0.1) is 0 Å². The first-order valence-electron chi connectivity index (χ1n) is 16.0. The second-order valence-corrected chi connectivity index (χ2v) is 13.6. The molecule has 4 atom stereocenters. The van der Waals surface area contributed by atoms with Crippen molar-refractivity contribution in [2.75, 3.05) is 25.0 Å². The molecule has 20 heteroatoms. The Labute approximate surface area is 297 Å². The van der Waals surface area contributed by atoms with Gasteiger partial charge >= 0.3 is 13.8 Å². The second kappa shape index (κ2) is 12.8. The van der Waals surface area contributed by atoms with Crippen molar-refractivity contribution in [3.63, 3.8) is 0 Å². The number of ether oxygens (including phenoxy) is 3. The zero-order valence-corrected chi connectivity index (χ0v) is 28.0.